The third-order valence-electron chi connectivity index (χ3n) is 3.00. The first-order valence-electron chi connectivity index (χ1n) is 7.46. The van der Waals surface area contributed by atoms with Gasteiger partial charge in [-0.05, 0) is 31.4 Å². The van der Waals surface area contributed by atoms with Crippen molar-refractivity contribution in [2.24, 2.45) is 4.99 Å². The SMILES string of the molecule is CCCC(O)=C(C=Nc1ccccc1CCO)C(=O)OCC. The molecule has 120 valence electrons. The highest BCUT2D eigenvalue weighted by Crippen LogP contribution is 2.19. The van der Waals surface area contributed by atoms with E-state index in [-0.39, 0.29) is 24.5 Å². The third kappa shape index (κ3) is 5.33. The second-order valence-corrected chi connectivity index (χ2v) is 4.69. The quantitative estimate of drug-likeness (QED) is 0.335. The van der Waals surface area contributed by atoms with Crippen molar-refractivity contribution in [1.82, 2.24) is 0 Å². The summed E-state index contributed by atoms with van der Waals surface area (Å²) < 4.78 is 4.95. The number of ether oxygens (including phenoxy) is 1. The molecule has 0 aliphatic heterocycles. The number of hydrogen-bond acceptors (Lipinski definition) is 5. The Labute approximate surface area is 131 Å². The summed E-state index contributed by atoms with van der Waals surface area (Å²) in [5, 5.41) is 19.1. The second-order valence-electron chi connectivity index (χ2n) is 4.69. The summed E-state index contributed by atoms with van der Waals surface area (Å²) in [5.74, 6) is -0.610. The largest absolute Gasteiger partial charge is 0.511 e. The van der Waals surface area contributed by atoms with Crippen LogP contribution >= 0.6 is 0 Å². The maximum absolute atomic E-state index is 11.9. The highest BCUT2D eigenvalue weighted by Gasteiger charge is 2.14. The van der Waals surface area contributed by atoms with Crippen LogP contribution in [-0.2, 0) is 16.0 Å². The summed E-state index contributed by atoms with van der Waals surface area (Å²) >= 11 is 0. The molecule has 22 heavy (non-hydrogen) atoms. The molecule has 1 aromatic carbocycles. The Balaban J connectivity index is 3.08. The summed E-state index contributed by atoms with van der Waals surface area (Å²) in [7, 11) is 0. The average Bonchev–Trinajstić information content (AvgIpc) is 2.50. The molecule has 0 saturated carbocycles. The number of esters is 1. The standard InChI is InChI=1S/C17H23NO4/c1-3-7-16(20)14(17(21)22-4-2)12-18-15-9-6-5-8-13(15)10-11-19/h5-6,8-9,12,19-20H,3-4,7,10-11H2,1-2H3. The summed E-state index contributed by atoms with van der Waals surface area (Å²) in [6.07, 6.45) is 2.91. The number of benzene rings is 1. The topological polar surface area (TPSA) is 79.1 Å². The van der Waals surface area contributed by atoms with Crippen molar-refractivity contribution in [2.75, 3.05) is 13.2 Å². The van der Waals surface area contributed by atoms with E-state index in [1.807, 2.05) is 25.1 Å². The fourth-order valence-electron chi connectivity index (χ4n) is 1.93. The van der Waals surface area contributed by atoms with E-state index in [1.165, 1.54) is 6.21 Å². The zero-order chi connectivity index (χ0) is 16.4. The van der Waals surface area contributed by atoms with Crippen LogP contribution in [0.4, 0.5) is 5.69 Å². The van der Waals surface area contributed by atoms with E-state index in [0.29, 0.717) is 24.9 Å². The van der Waals surface area contributed by atoms with Gasteiger partial charge >= 0.3 is 5.97 Å². The van der Waals surface area contributed by atoms with Gasteiger partial charge in [0, 0.05) is 19.2 Å². The molecule has 0 aliphatic rings. The van der Waals surface area contributed by atoms with Crippen LogP contribution in [0.1, 0.15) is 32.3 Å². The molecule has 1 rings (SSSR count). The normalized spacial score (nSPS) is 12.3. The van der Waals surface area contributed by atoms with E-state index < -0.39 is 5.97 Å². The molecular formula is C17H23NO4. The van der Waals surface area contributed by atoms with Gasteiger partial charge in [0.1, 0.15) is 11.3 Å². The molecule has 2 N–H and O–H groups in total. The Hall–Kier alpha value is -2.14. The van der Waals surface area contributed by atoms with Crippen LogP contribution in [-0.4, -0.2) is 35.6 Å². The van der Waals surface area contributed by atoms with Crippen molar-refractivity contribution >= 4 is 17.9 Å². The van der Waals surface area contributed by atoms with E-state index in [1.54, 1.807) is 13.0 Å². The average molecular weight is 305 g/mol. The zero-order valence-corrected chi connectivity index (χ0v) is 13.1. The van der Waals surface area contributed by atoms with Crippen LogP contribution in [0.15, 0.2) is 40.6 Å². The predicted molar refractivity (Wildman–Crippen MR) is 86.6 cm³/mol. The monoisotopic (exact) mass is 305 g/mol. The van der Waals surface area contributed by atoms with E-state index in [0.717, 1.165) is 5.56 Å². The van der Waals surface area contributed by atoms with Crippen LogP contribution in [0.25, 0.3) is 0 Å². The summed E-state index contributed by atoms with van der Waals surface area (Å²) in [4.78, 5) is 16.2. The van der Waals surface area contributed by atoms with E-state index >= 15 is 0 Å². The molecule has 1 aromatic rings. The highest BCUT2D eigenvalue weighted by molar-refractivity contribution is 6.10. The lowest BCUT2D eigenvalue weighted by Gasteiger charge is -2.07. The lowest BCUT2D eigenvalue weighted by atomic mass is 10.1. The van der Waals surface area contributed by atoms with Gasteiger partial charge in [0.25, 0.3) is 0 Å². The molecule has 0 saturated heterocycles. The minimum atomic E-state index is -0.586. The fraction of sp³-hybridized carbons (Fsp3) is 0.412. The van der Waals surface area contributed by atoms with Gasteiger partial charge in [-0.1, -0.05) is 25.1 Å². The molecule has 0 unspecified atom stereocenters. The van der Waals surface area contributed by atoms with Gasteiger partial charge in [-0.2, -0.15) is 0 Å². The van der Waals surface area contributed by atoms with Crippen molar-refractivity contribution in [2.45, 2.75) is 33.1 Å². The molecule has 0 fully saturated rings. The fourth-order valence-corrected chi connectivity index (χ4v) is 1.93. The smallest absolute Gasteiger partial charge is 0.343 e. The van der Waals surface area contributed by atoms with Gasteiger partial charge < -0.3 is 14.9 Å². The van der Waals surface area contributed by atoms with E-state index in [4.69, 9.17) is 9.84 Å². The maximum atomic E-state index is 11.9. The Morgan fingerprint density at radius 1 is 1.32 bits per heavy atom. The maximum Gasteiger partial charge on any atom is 0.343 e. The first-order valence-corrected chi connectivity index (χ1v) is 7.46. The number of aliphatic hydroxyl groups excluding tert-OH is 2. The van der Waals surface area contributed by atoms with Gasteiger partial charge in [-0.15, -0.1) is 0 Å². The third-order valence-corrected chi connectivity index (χ3v) is 3.00. The first-order chi connectivity index (χ1) is 10.6. The Kier molecular flexibility index (Phi) is 7.92. The van der Waals surface area contributed by atoms with Gasteiger partial charge in [-0.3, -0.25) is 4.99 Å². The zero-order valence-electron chi connectivity index (χ0n) is 13.1. The number of hydrogen-bond donors (Lipinski definition) is 2. The lowest BCUT2D eigenvalue weighted by molar-refractivity contribution is -0.138. The number of rotatable bonds is 8. The molecule has 0 aliphatic carbocycles. The predicted octanol–water partition coefficient (Wildman–Crippen LogP) is 3.10. The first kappa shape index (κ1) is 17.9. The van der Waals surface area contributed by atoms with Gasteiger partial charge in [0.05, 0.1) is 12.3 Å². The number of nitrogens with zero attached hydrogens (tertiary/aromatic N) is 1. The van der Waals surface area contributed by atoms with Crippen molar-refractivity contribution in [3.63, 3.8) is 0 Å². The van der Waals surface area contributed by atoms with Crippen molar-refractivity contribution < 1.29 is 19.7 Å². The second kappa shape index (κ2) is 9.73. The number of allylic oxidation sites excluding steroid dienone is 1. The minimum Gasteiger partial charge on any atom is -0.511 e. The Bertz CT molecular complexity index is 549. The van der Waals surface area contributed by atoms with Crippen LogP contribution in [0.5, 0.6) is 0 Å². The van der Waals surface area contributed by atoms with E-state index in [9.17, 15) is 9.90 Å². The van der Waals surface area contributed by atoms with Crippen molar-refractivity contribution in [3.8, 4) is 0 Å². The van der Waals surface area contributed by atoms with Crippen LogP contribution < -0.4 is 0 Å². The summed E-state index contributed by atoms with van der Waals surface area (Å²) in [6.45, 7) is 3.87. The summed E-state index contributed by atoms with van der Waals surface area (Å²) in [6, 6.07) is 7.34. The molecular weight excluding hydrogens is 282 g/mol. The van der Waals surface area contributed by atoms with Gasteiger partial charge in [0.15, 0.2) is 0 Å². The highest BCUT2D eigenvalue weighted by atomic mass is 16.5. The Morgan fingerprint density at radius 2 is 2.05 bits per heavy atom. The van der Waals surface area contributed by atoms with Crippen molar-refractivity contribution in [1.29, 1.82) is 0 Å². The minimum absolute atomic E-state index is 0.0220. The molecule has 0 atom stereocenters. The molecule has 0 heterocycles. The van der Waals surface area contributed by atoms with Crippen molar-refractivity contribution in [3.05, 3.63) is 41.2 Å². The van der Waals surface area contributed by atoms with Crippen LogP contribution in [0.2, 0.25) is 0 Å². The molecule has 0 bridgehead atoms. The number of carbonyl (C=O) groups excluding carboxylic acids is 1. The number of aliphatic imine (C=N–C) groups is 1. The molecule has 5 heteroatoms. The molecule has 0 aromatic heterocycles. The van der Waals surface area contributed by atoms with E-state index in [2.05, 4.69) is 4.99 Å². The molecule has 5 nitrogen and oxygen atoms in total. The lowest BCUT2D eigenvalue weighted by Crippen LogP contribution is -2.11. The van der Waals surface area contributed by atoms with Gasteiger partial charge in [-0.25, -0.2) is 4.79 Å². The number of carbonyl (C=O) groups is 1. The van der Waals surface area contributed by atoms with Gasteiger partial charge in [0.2, 0.25) is 0 Å². The summed E-state index contributed by atoms with van der Waals surface area (Å²) in [5.41, 5.74) is 1.60. The number of para-hydroxylation sites is 1. The van der Waals surface area contributed by atoms with Crippen LogP contribution in [0.3, 0.4) is 0 Å². The number of aliphatic hydroxyl groups is 2. The molecule has 0 spiro atoms. The van der Waals surface area contributed by atoms with Crippen LogP contribution in [0, 0.1) is 0 Å². The Morgan fingerprint density at radius 3 is 2.68 bits per heavy atom. The molecule has 0 amide bonds. The molecule has 0 radical (unpaired) electrons.